The zero-order valence-electron chi connectivity index (χ0n) is 12.0. The number of rotatable bonds is 4. The quantitative estimate of drug-likeness (QED) is 0.836. The Bertz CT molecular complexity index is 490. The second-order valence-electron chi connectivity index (χ2n) is 5.18. The fourth-order valence-electron chi connectivity index (χ4n) is 2.58. The van der Waals surface area contributed by atoms with Gasteiger partial charge in [-0.25, -0.2) is 4.79 Å². The molecule has 1 aromatic carbocycles. The lowest BCUT2D eigenvalue weighted by molar-refractivity contribution is -0.117. The van der Waals surface area contributed by atoms with Crippen LogP contribution in [0.3, 0.4) is 0 Å². The number of halogens is 1. The smallest absolute Gasteiger partial charge is 0.337 e. The normalized spacial score (nSPS) is 20.5. The number of carbonyl (C=O) groups is 2. The van der Waals surface area contributed by atoms with Crippen LogP contribution in [-0.4, -0.2) is 25.0 Å². The van der Waals surface area contributed by atoms with E-state index in [1.807, 2.05) is 0 Å². The summed E-state index contributed by atoms with van der Waals surface area (Å²) < 4.78 is 4.62. The minimum Gasteiger partial charge on any atom is -0.465 e. The van der Waals surface area contributed by atoms with E-state index >= 15 is 0 Å². The molecule has 21 heavy (non-hydrogen) atoms. The van der Waals surface area contributed by atoms with Gasteiger partial charge < -0.3 is 15.8 Å². The van der Waals surface area contributed by atoms with Crippen molar-refractivity contribution < 1.29 is 14.3 Å². The average Bonchev–Trinajstić information content (AvgIpc) is 2.84. The predicted molar refractivity (Wildman–Crippen MR) is 83.6 cm³/mol. The van der Waals surface area contributed by atoms with E-state index in [1.54, 1.807) is 24.3 Å². The van der Waals surface area contributed by atoms with Crippen LogP contribution >= 0.6 is 12.4 Å². The van der Waals surface area contributed by atoms with Crippen LogP contribution in [-0.2, 0) is 9.53 Å². The van der Waals surface area contributed by atoms with Crippen molar-refractivity contribution in [2.45, 2.75) is 31.7 Å². The molecule has 1 amide bonds. The van der Waals surface area contributed by atoms with Crippen molar-refractivity contribution in [2.75, 3.05) is 12.4 Å². The van der Waals surface area contributed by atoms with Gasteiger partial charge in [0.15, 0.2) is 0 Å². The van der Waals surface area contributed by atoms with E-state index in [-0.39, 0.29) is 36.2 Å². The number of hydrogen-bond acceptors (Lipinski definition) is 4. The van der Waals surface area contributed by atoms with Crippen molar-refractivity contribution in [3.63, 3.8) is 0 Å². The molecule has 0 bridgehead atoms. The molecular weight excluding hydrogens is 292 g/mol. The van der Waals surface area contributed by atoms with Gasteiger partial charge in [-0.15, -0.1) is 12.4 Å². The van der Waals surface area contributed by atoms with Gasteiger partial charge in [0.1, 0.15) is 0 Å². The summed E-state index contributed by atoms with van der Waals surface area (Å²) in [5, 5.41) is 2.83. The second kappa shape index (κ2) is 8.00. The number of nitrogens with one attached hydrogen (secondary N) is 1. The number of esters is 1. The molecule has 1 aliphatic carbocycles. The predicted octanol–water partition coefficient (Wildman–Crippen LogP) is 2.35. The van der Waals surface area contributed by atoms with Gasteiger partial charge in [-0.3, -0.25) is 4.79 Å². The van der Waals surface area contributed by atoms with Gasteiger partial charge in [-0.2, -0.15) is 0 Å². The fraction of sp³-hybridized carbons (Fsp3) is 0.467. The maximum atomic E-state index is 11.9. The summed E-state index contributed by atoms with van der Waals surface area (Å²) in [5.74, 6) is -0.137. The summed E-state index contributed by atoms with van der Waals surface area (Å²) in [6.45, 7) is 0. The molecule has 6 heteroatoms. The third-order valence-electron chi connectivity index (χ3n) is 3.76. The van der Waals surface area contributed by atoms with E-state index in [2.05, 4.69) is 10.1 Å². The summed E-state index contributed by atoms with van der Waals surface area (Å²) in [4.78, 5) is 23.2. The van der Waals surface area contributed by atoms with Crippen molar-refractivity contribution in [2.24, 2.45) is 11.7 Å². The third-order valence-corrected chi connectivity index (χ3v) is 3.76. The lowest BCUT2D eigenvalue weighted by Gasteiger charge is -2.14. The van der Waals surface area contributed by atoms with Gasteiger partial charge in [0, 0.05) is 18.2 Å². The highest BCUT2D eigenvalue weighted by atomic mass is 35.5. The number of methoxy groups -OCH3 is 1. The average molecular weight is 313 g/mol. The Balaban J connectivity index is 0.00000220. The van der Waals surface area contributed by atoms with Crippen molar-refractivity contribution in [1.82, 2.24) is 0 Å². The Labute approximate surface area is 130 Å². The zero-order valence-corrected chi connectivity index (χ0v) is 12.8. The van der Waals surface area contributed by atoms with Crippen LogP contribution < -0.4 is 11.1 Å². The van der Waals surface area contributed by atoms with Crippen LogP contribution in [0.2, 0.25) is 0 Å². The van der Waals surface area contributed by atoms with Crippen LogP contribution in [0.15, 0.2) is 24.3 Å². The maximum absolute atomic E-state index is 11.9. The van der Waals surface area contributed by atoms with E-state index in [0.29, 0.717) is 17.7 Å². The summed E-state index contributed by atoms with van der Waals surface area (Å²) in [6, 6.07) is 6.78. The number of hydrogen-bond donors (Lipinski definition) is 2. The molecule has 0 saturated heterocycles. The molecule has 1 fully saturated rings. The van der Waals surface area contributed by atoms with Crippen molar-refractivity contribution in [3.05, 3.63) is 29.8 Å². The van der Waals surface area contributed by atoms with Gasteiger partial charge in [-0.1, -0.05) is 6.42 Å². The first-order valence-electron chi connectivity index (χ1n) is 6.84. The molecule has 0 heterocycles. The highest BCUT2D eigenvalue weighted by Crippen LogP contribution is 2.27. The monoisotopic (exact) mass is 312 g/mol. The van der Waals surface area contributed by atoms with E-state index in [4.69, 9.17) is 5.73 Å². The first-order chi connectivity index (χ1) is 9.60. The fourth-order valence-corrected chi connectivity index (χ4v) is 2.58. The Morgan fingerprint density at radius 2 is 1.95 bits per heavy atom. The van der Waals surface area contributed by atoms with Gasteiger partial charge >= 0.3 is 5.97 Å². The molecule has 0 unspecified atom stereocenters. The van der Waals surface area contributed by atoms with Gasteiger partial charge in [0.2, 0.25) is 5.91 Å². The molecule has 2 atom stereocenters. The summed E-state index contributed by atoms with van der Waals surface area (Å²) in [6.07, 6.45) is 3.59. The molecule has 2 rings (SSSR count). The Kier molecular flexibility index (Phi) is 6.65. The summed E-state index contributed by atoms with van der Waals surface area (Å²) >= 11 is 0. The lowest BCUT2D eigenvalue weighted by atomic mass is 10.00. The van der Waals surface area contributed by atoms with Gasteiger partial charge in [0.05, 0.1) is 12.7 Å². The number of nitrogens with two attached hydrogens (primary N) is 1. The first kappa shape index (κ1) is 17.5. The molecule has 116 valence electrons. The highest BCUT2D eigenvalue weighted by molar-refractivity contribution is 5.93. The van der Waals surface area contributed by atoms with Crippen LogP contribution in [0.25, 0.3) is 0 Å². The number of benzene rings is 1. The number of ether oxygens (including phenoxy) is 1. The molecule has 0 spiro atoms. The van der Waals surface area contributed by atoms with Crippen LogP contribution in [0.5, 0.6) is 0 Å². The minimum absolute atomic E-state index is 0. The molecule has 0 radical (unpaired) electrons. The highest BCUT2D eigenvalue weighted by Gasteiger charge is 2.25. The first-order valence-corrected chi connectivity index (χ1v) is 6.84. The minimum atomic E-state index is -0.389. The van der Waals surface area contributed by atoms with Crippen LogP contribution in [0.1, 0.15) is 36.0 Å². The van der Waals surface area contributed by atoms with E-state index in [1.165, 1.54) is 7.11 Å². The van der Waals surface area contributed by atoms with Crippen molar-refractivity contribution in [3.8, 4) is 0 Å². The van der Waals surface area contributed by atoms with Crippen molar-refractivity contribution >= 4 is 30.0 Å². The molecule has 0 aliphatic heterocycles. The third kappa shape index (κ3) is 4.72. The molecule has 3 N–H and O–H groups in total. The Hall–Kier alpha value is -1.59. The molecule has 0 aromatic heterocycles. The Morgan fingerprint density at radius 1 is 1.29 bits per heavy atom. The number of anilines is 1. The summed E-state index contributed by atoms with van der Waals surface area (Å²) in [5.41, 5.74) is 7.09. The molecule has 1 saturated carbocycles. The topological polar surface area (TPSA) is 81.4 Å². The van der Waals surface area contributed by atoms with Crippen LogP contribution in [0.4, 0.5) is 5.69 Å². The molecule has 1 aliphatic rings. The van der Waals surface area contributed by atoms with Crippen molar-refractivity contribution in [1.29, 1.82) is 0 Å². The molecule has 5 nitrogen and oxygen atoms in total. The standard InChI is InChI=1S/C15H20N2O3.ClH/c1-20-15(19)10-5-7-12(8-6-10)17-14(18)9-11-3-2-4-13(11)16;/h5-8,11,13H,2-4,9,16H2,1H3,(H,17,18);1H/t11-,13+;/m0./s1. The molecular formula is C15H21ClN2O3. The zero-order chi connectivity index (χ0) is 14.5. The second-order valence-corrected chi connectivity index (χ2v) is 5.18. The van der Waals surface area contributed by atoms with E-state index < -0.39 is 0 Å². The Morgan fingerprint density at radius 3 is 2.48 bits per heavy atom. The SMILES string of the molecule is COC(=O)c1ccc(NC(=O)C[C@@H]2CCC[C@H]2N)cc1.Cl. The van der Waals surface area contributed by atoms with Gasteiger partial charge in [0.25, 0.3) is 0 Å². The largest absolute Gasteiger partial charge is 0.465 e. The van der Waals surface area contributed by atoms with E-state index in [0.717, 1.165) is 19.3 Å². The number of amides is 1. The summed E-state index contributed by atoms with van der Waals surface area (Å²) in [7, 11) is 1.34. The van der Waals surface area contributed by atoms with E-state index in [9.17, 15) is 9.59 Å². The van der Waals surface area contributed by atoms with Crippen LogP contribution in [0, 0.1) is 5.92 Å². The molecule has 1 aromatic rings. The maximum Gasteiger partial charge on any atom is 0.337 e. The van der Waals surface area contributed by atoms with Gasteiger partial charge in [-0.05, 0) is 43.0 Å². The lowest BCUT2D eigenvalue weighted by Crippen LogP contribution is -2.28. The number of carbonyl (C=O) groups excluding carboxylic acids is 2.